The summed E-state index contributed by atoms with van der Waals surface area (Å²) in [4.78, 5) is 26.7. The fourth-order valence-electron chi connectivity index (χ4n) is 3.81. The molecule has 1 aliphatic heterocycles. The molecule has 1 heterocycles. The molecular weight excluding hydrogens is 468 g/mol. The molecule has 0 atom stereocenters. The molecule has 2 aromatic carbocycles. The lowest BCUT2D eigenvalue weighted by Gasteiger charge is -2.39. The van der Waals surface area contributed by atoms with Crippen LogP contribution in [-0.4, -0.2) is 42.1 Å². The zero-order chi connectivity index (χ0) is 23.9. The summed E-state index contributed by atoms with van der Waals surface area (Å²) < 4.78 is 26.0. The lowest BCUT2D eigenvalue weighted by atomic mass is 9.99. The number of ether oxygens (including phenoxy) is 2. The lowest BCUT2D eigenvalue weighted by Crippen LogP contribution is -2.52. The second-order valence-electron chi connectivity index (χ2n) is 9.69. The Hall–Kier alpha value is -2.31. The Morgan fingerprint density at radius 2 is 1.70 bits per heavy atom. The van der Waals surface area contributed by atoms with Crippen molar-refractivity contribution in [3.05, 3.63) is 62.9 Å². The first kappa shape index (κ1) is 23.8. The van der Waals surface area contributed by atoms with Crippen LogP contribution in [0.3, 0.4) is 0 Å². The number of hydrogen-bond donors (Lipinski definition) is 0. The van der Waals surface area contributed by atoms with E-state index < -0.39 is 17.4 Å². The number of carbonyl (C=O) groups excluding carboxylic acids is 2. The molecule has 0 N–H and O–H groups in total. The molecule has 176 valence electrons. The third-order valence-corrected chi connectivity index (χ3v) is 6.00. The number of rotatable bonds is 6. The van der Waals surface area contributed by atoms with Crippen molar-refractivity contribution in [1.29, 1.82) is 0 Å². The number of nitrogens with zero attached hydrogens (tertiary/aromatic N) is 1. The predicted molar refractivity (Wildman–Crippen MR) is 125 cm³/mol. The van der Waals surface area contributed by atoms with Crippen molar-refractivity contribution in [2.75, 3.05) is 19.7 Å². The van der Waals surface area contributed by atoms with Crippen LogP contribution in [0.25, 0.3) is 0 Å². The van der Waals surface area contributed by atoms with Gasteiger partial charge >= 0.3 is 5.97 Å². The van der Waals surface area contributed by atoms with Crippen molar-refractivity contribution in [2.45, 2.75) is 45.1 Å². The van der Waals surface area contributed by atoms with Crippen LogP contribution in [0.2, 0.25) is 10.0 Å². The number of halogens is 3. The summed E-state index contributed by atoms with van der Waals surface area (Å²) in [5, 5.41) is 0.825. The number of esters is 1. The van der Waals surface area contributed by atoms with Gasteiger partial charge in [-0.25, -0.2) is 9.18 Å². The Morgan fingerprint density at radius 1 is 1.06 bits per heavy atom. The zero-order valence-electron chi connectivity index (χ0n) is 18.8. The van der Waals surface area contributed by atoms with E-state index in [2.05, 4.69) is 0 Å². The Balaban J connectivity index is 1.38. The first-order valence-electron chi connectivity index (χ1n) is 10.9. The molecule has 0 spiro atoms. The van der Waals surface area contributed by atoms with Crippen molar-refractivity contribution in [3.8, 4) is 5.75 Å². The van der Waals surface area contributed by atoms with Crippen molar-refractivity contribution in [2.24, 2.45) is 5.92 Å². The van der Waals surface area contributed by atoms with Crippen molar-refractivity contribution < 1.29 is 23.5 Å². The molecule has 0 unspecified atom stereocenters. The molecule has 1 amide bonds. The number of benzene rings is 2. The van der Waals surface area contributed by atoms with Gasteiger partial charge in [-0.2, -0.15) is 0 Å². The first-order valence-corrected chi connectivity index (χ1v) is 11.7. The average Bonchev–Trinajstić information content (AvgIpc) is 3.49. The Labute approximate surface area is 202 Å². The van der Waals surface area contributed by atoms with Gasteiger partial charge in [0, 0.05) is 40.7 Å². The number of carbonyl (C=O) groups is 2. The van der Waals surface area contributed by atoms with Gasteiger partial charge in [-0.1, -0.05) is 23.2 Å². The van der Waals surface area contributed by atoms with Crippen molar-refractivity contribution in [3.63, 3.8) is 0 Å². The third-order valence-electron chi connectivity index (χ3n) is 5.56. The Morgan fingerprint density at radius 3 is 2.27 bits per heavy atom. The molecular formula is C25H26Cl2FNO4. The predicted octanol–water partition coefficient (Wildman–Crippen LogP) is 6.12. The second kappa shape index (κ2) is 9.15. The normalized spacial score (nSPS) is 16.4. The van der Waals surface area contributed by atoms with E-state index in [0.29, 0.717) is 41.1 Å². The lowest BCUT2D eigenvalue weighted by molar-refractivity contribution is 0.00644. The van der Waals surface area contributed by atoms with Gasteiger partial charge in [0.05, 0.1) is 12.2 Å². The van der Waals surface area contributed by atoms with Gasteiger partial charge in [0.15, 0.2) is 0 Å². The highest BCUT2D eigenvalue weighted by Crippen LogP contribution is 2.45. The summed E-state index contributed by atoms with van der Waals surface area (Å²) in [7, 11) is 0. The minimum Gasteiger partial charge on any atom is -0.493 e. The maximum absolute atomic E-state index is 14.7. The number of likely N-dealkylation sites (tertiary alicyclic amines) is 1. The van der Waals surface area contributed by atoms with Crippen LogP contribution in [0.4, 0.5) is 4.39 Å². The first-order chi connectivity index (χ1) is 15.5. The van der Waals surface area contributed by atoms with Crippen LogP contribution in [0.5, 0.6) is 5.75 Å². The molecule has 2 fully saturated rings. The highest BCUT2D eigenvalue weighted by atomic mass is 35.5. The van der Waals surface area contributed by atoms with Gasteiger partial charge < -0.3 is 14.4 Å². The van der Waals surface area contributed by atoms with Gasteiger partial charge in [0.1, 0.15) is 17.2 Å². The topological polar surface area (TPSA) is 55.8 Å². The monoisotopic (exact) mass is 493 g/mol. The van der Waals surface area contributed by atoms with Gasteiger partial charge in [0.2, 0.25) is 0 Å². The Bertz CT molecular complexity index is 1070. The van der Waals surface area contributed by atoms with E-state index in [1.165, 1.54) is 6.07 Å². The van der Waals surface area contributed by atoms with Crippen LogP contribution < -0.4 is 4.74 Å². The summed E-state index contributed by atoms with van der Waals surface area (Å²) in [6, 6.07) is 7.61. The van der Waals surface area contributed by atoms with Crippen molar-refractivity contribution >= 4 is 35.1 Å². The Kier molecular flexibility index (Phi) is 6.61. The number of hydrogen-bond acceptors (Lipinski definition) is 4. The van der Waals surface area contributed by atoms with Crippen LogP contribution in [0.1, 0.15) is 65.8 Å². The third kappa shape index (κ3) is 5.79. The van der Waals surface area contributed by atoms with E-state index >= 15 is 0 Å². The SMILES string of the molecule is CC(C)(C)OC(=O)c1cc(C2CC2)c(OCC2CN(C(=O)c3cc(Cl)cc(Cl)c3)C2)cc1F. The van der Waals surface area contributed by atoms with Gasteiger partial charge in [-0.05, 0) is 69.4 Å². The molecule has 5 nitrogen and oxygen atoms in total. The fraction of sp³-hybridized carbons (Fsp3) is 0.440. The molecule has 0 radical (unpaired) electrons. The summed E-state index contributed by atoms with van der Waals surface area (Å²) >= 11 is 12.0. The molecule has 8 heteroatoms. The summed E-state index contributed by atoms with van der Waals surface area (Å²) in [6.07, 6.45) is 1.95. The van der Waals surface area contributed by atoms with Gasteiger partial charge in [-0.3, -0.25) is 4.79 Å². The summed E-state index contributed by atoms with van der Waals surface area (Å²) in [5.41, 5.74) is 0.503. The van der Waals surface area contributed by atoms with E-state index in [0.717, 1.165) is 18.4 Å². The van der Waals surface area contributed by atoms with E-state index in [4.69, 9.17) is 32.7 Å². The van der Waals surface area contributed by atoms with Crippen molar-refractivity contribution in [1.82, 2.24) is 4.90 Å². The smallest absolute Gasteiger partial charge is 0.341 e. The molecule has 0 aromatic heterocycles. The van der Waals surface area contributed by atoms with Crippen LogP contribution >= 0.6 is 23.2 Å². The molecule has 33 heavy (non-hydrogen) atoms. The maximum Gasteiger partial charge on any atom is 0.341 e. The van der Waals surface area contributed by atoms with Crippen LogP contribution in [-0.2, 0) is 4.74 Å². The zero-order valence-corrected chi connectivity index (χ0v) is 20.3. The summed E-state index contributed by atoms with van der Waals surface area (Å²) in [5.74, 6) is -0.636. The van der Waals surface area contributed by atoms with E-state index in [1.54, 1.807) is 49.9 Å². The molecule has 1 saturated heterocycles. The number of amides is 1. The summed E-state index contributed by atoms with van der Waals surface area (Å²) in [6.45, 7) is 6.65. The quantitative estimate of drug-likeness (QED) is 0.455. The maximum atomic E-state index is 14.7. The minimum atomic E-state index is -0.706. The largest absolute Gasteiger partial charge is 0.493 e. The molecule has 4 rings (SSSR count). The van der Waals surface area contributed by atoms with Gasteiger partial charge in [-0.15, -0.1) is 0 Å². The molecule has 0 bridgehead atoms. The van der Waals surface area contributed by atoms with Crippen LogP contribution in [0.15, 0.2) is 30.3 Å². The van der Waals surface area contributed by atoms with Gasteiger partial charge in [0.25, 0.3) is 5.91 Å². The molecule has 2 aromatic rings. The standard InChI is InChI=1S/C25H26Cl2FNO4/c1-25(2,3)33-24(31)20-9-19(15-4-5-15)22(10-21(20)28)32-13-14-11-29(12-14)23(30)16-6-17(26)8-18(27)7-16/h6-10,14-15H,4-5,11-13H2,1-3H3. The fourth-order valence-corrected chi connectivity index (χ4v) is 4.33. The average molecular weight is 494 g/mol. The highest BCUT2D eigenvalue weighted by molar-refractivity contribution is 6.35. The minimum absolute atomic E-state index is 0.0697. The second-order valence-corrected chi connectivity index (χ2v) is 10.6. The molecule has 2 aliphatic rings. The molecule has 1 aliphatic carbocycles. The highest BCUT2D eigenvalue weighted by Gasteiger charge is 2.34. The van der Waals surface area contributed by atoms with E-state index in [9.17, 15) is 14.0 Å². The molecule has 1 saturated carbocycles. The van der Waals surface area contributed by atoms with Crippen LogP contribution in [0, 0.1) is 11.7 Å². The van der Waals surface area contributed by atoms with E-state index in [1.807, 2.05) is 0 Å². The van der Waals surface area contributed by atoms with E-state index in [-0.39, 0.29) is 23.3 Å².